The fraction of sp³-hybridized carbons (Fsp3) is 0.562. The number of piperidine rings is 1. The van der Waals surface area contributed by atoms with E-state index in [-0.39, 0.29) is 18.3 Å². The second-order valence-electron chi connectivity index (χ2n) is 5.38. The van der Waals surface area contributed by atoms with Gasteiger partial charge in [0, 0.05) is 25.8 Å². The summed E-state index contributed by atoms with van der Waals surface area (Å²) in [4.78, 5) is 14.6. The van der Waals surface area contributed by atoms with Crippen molar-refractivity contribution in [1.29, 1.82) is 0 Å². The Morgan fingerprint density at radius 3 is 2.62 bits per heavy atom. The topological polar surface area (TPSA) is 41.6 Å². The van der Waals surface area contributed by atoms with Crippen molar-refractivity contribution < 1.29 is 9.53 Å². The molecule has 0 spiro atoms. The smallest absolute Gasteiger partial charge is 0.254 e. The van der Waals surface area contributed by atoms with Crippen LogP contribution in [0, 0.1) is 5.92 Å². The summed E-state index contributed by atoms with van der Waals surface area (Å²) in [5.74, 6) is 0.832. The monoisotopic (exact) mass is 312 g/mol. The predicted octanol–water partition coefficient (Wildman–Crippen LogP) is 2.33. The molecule has 1 aliphatic heterocycles. The average molecular weight is 313 g/mol. The van der Waals surface area contributed by atoms with Crippen LogP contribution in [-0.2, 0) is 11.3 Å². The zero-order valence-electron chi connectivity index (χ0n) is 12.8. The van der Waals surface area contributed by atoms with Crippen LogP contribution in [0.1, 0.15) is 28.8 Å². The van der Waals surface area contributed by atoms with Gasteiger partial charge in [0.15, 0.2) is 0 Å². The summed E-state index contributed by atoms with van der Waals surface area (Å²) in [6, 6.07) is 7.73. The number of benzene rings is 1. The van der Waals surface area contributed by atoms with Crippen LogP contribution in [0.3, 0.4) is 0 Å². The van der Waals surface area contributed by atoms with Crippen LogP contribution in [0.5, 0.6) is 0 Å². The molecule has 0 unspecified atom stereocenters. The lowest BCUT2D eigenvalue weighted by Crippen LogP contribution is -2.40. The maximum absolute atomic E-state index is 12.6. The molecule has 1 N–H and O–H groups in total. The molecule has 0 bridgehead atoms. The summed E-state index contributed by atoms with van der Waals surface area (Å²) < 4.78 is 5.18. The molecule has 5 heteroatoms. The van der Waals surface area contributed by atoms with Crippen molar-refractivity contribution in [1.82, 2.24) is 10.2 Å². The van der Waals surface area contributed by atoms with Crippen molar-refractivity contribution in [3.63, 3.8) is 0 Å². The highest BCUT2D eigenvalue weighted by Crippen LogP contribution is 2.20. The maximum Gasteiger partial charge on any atom is 0.254 e. The first-order valence-electron chi connectivity index (χ1n) is 7.27. The van der Waals surface area contributed by atoms with E-state index in [1.54, 1.807) is 7.11 Å². The van der Waals surface area contributed by atoms with Gasteiger partial charge in [-0.15, -0.1) is 12.4 Å². The van der Waals surface area contributed by atoms with Gasteiger partial charge in [0.2, 0.25) is 0 Å². The highest BCUT2D eigenvalue weighted by molar-refractivity contribution is 5.95. The maximum atomic E-state index is 12.6. The minimum atomic E-state index is 0. The van der Waals surface area contributed by atoms with Gasteiger partial charge in [-0.25, -0.2) is 0 Å². The van der Waals surface area contributed by atoms with Crippen LogP contribution < -0.4 is 5.32 Å². The van der Waals surface area contributed by atoms with E-state index in [1.165, 1.54) is 0 Å². The Morgan fingerprint density at radius 1 is 1.33 bits per heavy atom. The van der Waals surface area contributed by atoms with Crippen LogP contribution in [-0.4, -0.2) is 44.6 Å². The molecule has 118 valence electrons. The van der Waals surface area contributed by atoms with E-state index in [4.69, 9.17) is 4.74 Å². The molecule has 0 saturated carbocycles. The summed E-state index contributed by atoms with van der Waals surface area (Å²) in [5.41, 5.74) is 1.75. The van der Waals surface area contributed by atoms with Crippen molar-refractivity contribution in [3.05, 3.63) is 35.4 Å². The van der Waals surface area contributed by atoms with Crippen LogP contribution in [0.4, 0.5) is 0 Å². The van der Waals surface area contributed by atoms with Gasteiger partial charge in [0.05, 0.1) is 6.61 Å². The normalized spacial score (nSPS) is 15.6. The molecular formula is C16H25ClN2O2. The third kappa shape index (κ3) is 4.70. The largest absolute Gasteiger partial charge is 0.380 e. The SMILES string of the molecule is CNCC1CCN(C(=O)c2ccccc2COC)CC1.Cl. The summed E-state index contributed by atoms with van der Waals surface area (Å²) in [5, 5.41) is 3.22. The summed E-state index contributed by atoms with van der Waals surface area (Å²) in [7, 11) is 3.64. The first kappa shape index (κ1) is 18.0. The van der Waals surface area contributed by atoms with Crippen LogP contribution in [0.25, 0.3) is 0 Å². The van der Waals surface area contributed by atoms with E-state index >= 15 is 0 Å². The number of hydrogen-bond donors (Lipinski definition) is 1. The molecule has 2 rings (SSSR count). The Kier molecular flexibility index (Phi) is 7.72. The van der Waals surface area contributed by atoms with Crippen molar-refractivity contribution in [2.45, 2.75) is 19.4 Å². The molecule has 1 aliphatic rings. The van der Waals surface area contributed by atoms with Crippen molar-refractivity contribution in [2.75, 3.05) is 33.8 Å². The van der Waals surface area contributed by atoms with Crippen LogP contribution in [0.15, 0.2) is 24.3 Å². The summed E-state index contributed by atoms with van der Waals surface area (Å²) in [6.07, 6.45) is 2.16. The van der Waals surface area contributed by atoms with E-state index in [0.29, 0.717) is 12.5 Å². The predicted molar refractivity (Wildman–Crippen MR) is 87.0 cm³/mol. The molecule has 1 aromatic carbocycles. The molecular weight excluding hydrogens is 288 g/mol. The number of methoxy groups -OCH3 is 1. The number of carbonyl (C=O) groups is 1. The number of amides is 1. The van der Waals surface area contributed by atoms with Gasteiger partial charge in [-0.2, -0.15) is 0 Å². The van der Waals surface area contributed by atoms with Gasteiger partial charge in [-0.3, -0.25) is 4.79 Å². The standard InChI is InChI=1S/C16H24N2O2.ClH/c1-17-11-13-7-9-18(10-8-13)16(19)15-6-4-3-5-14(15)12-20-2;/h3-6,13,17H,7-12H2,1-2H3;1H. The Hall–Kier alpha value is -1.10. The minimum Gasteiger partial charge on any atom is -0.380 e. The number of hydrogen-bond acceptors (Lipinski definition) is 3. The molecule has 21 heavy (non-hydrogen) atoms. The van der Waals surface area contributed by atoms with Gasteiger partial charge in [-0.1, -0.05) is 18.2 Å². The first-order chi connectivity index (χ1) is 9.76. The number of nitrogens with zero attached hydrogens (tertiary/aromatic N) is 1. The summed E-state index contributed by atoms with van der Waals surface area (Å²) >= 11 is 0. The average Bonchev–Trinajstić information content (AvgIpc) is 2.49. The first-order valence-corrected chi connectivity index (χ1v) is 7.27. The summed E-state index contributed by atoms with van der Waals surface area (Å²) in [6.45, 7) is 3.24. The number of likely N-dealkylation sites (tertiary alicyclic amines) is 1. The lowest BCUT2D eigenvalue weighted by atomic mass is 9.96. The fourth-order valence-electron chi connectivity index (χ4n) is 2.81. The Balaban J connectivity index is 0.00000220. The molecule has 0 aromatic heterocycles. The molecule has 0 atom stereocenters. The van der Waals surface area contributed by atoms with Gasteiger partial charge >= 0.3 is 0 Å². The Morgan fingerprint density at radius 2 is 2.00 bits per heavy atom. The minimum absolute atomic E-state index is 0. The second kappa shape index (κ2) is 9.03. The number of carbonyl (C=O) groups excluding carboxylic acids is 1. The Labute approximate surface area is 133 Å². The van der Waals surface area contributed by atoms with E-state index in [2.05, 4.69) is 5.32 Å². The molecule has 0 radical (unpaired) electrons. The van der Waals surface area contributed by atoms with Crippen molar-refractivity contribution in [3.8, 4) is 0 Å². The zero-order chi connectivity index (χ0) is 14.4. The van der Waals surface area contributed by atoms with E-state index < -0.39 is 0 Å². The lowest BCUT2D eigenvalue weighted by molar-refractivity contribution is 0.0686. The van der Waals surface area contributed by atoms with Gasteiger partial charge in [0.1, 0.15) is 0 Å². The van der Waals surface area contributed by atoms with Gasteiger partial charge in [0.25, 0.3) is 5.91 Å². The number of rotatable bonds is 5. The lowest BCUT2D eigenvalue weighted by Gasteiger charge is -2.32. The molecule has 1 heterocycles. The molecule has 4 nitrogen and oxygen atoms in total. The molecule has 1 aromatic rings. The molecule has 0 aliphatic carbocycles. The molecule has 1 saturated heterocycles. The van der Waals surface area contributed by atoms with Gasteiger partial charge in [-0.05, 0) is 44.0 Å². The Bertz CT molecular complexity index is 446. The van der Waals surface area contributed by atoms with Crippen LogP contribution >= 0.6 is 12.4 Å². The number of nitrogens with one attached hydrogen (secondary N) is 1. The highest BCUT2D eigenvalue weighted by Gasteiger charge is 2.24. The van der Waals surface area contributed by atoms with E-state index in [0.717, 1.165) is 43.6 Å². The molecule has 1 fully saturated rings. The fourth-order valence-corrected chi connectivity index (χ4v) is 2.81. The third-order valence-corrected chi connectivity index (χ3v) is 3.94. The third-order valence-electron chi connectivity index (χ3n) is 3.94. The molecule has 1 amide bonds. The van der Waals surface area contributed by atoms with Crippen molar-refractivity contribution >= 4 is 18.3 Å². The second-order valence-corrected chi connectivity index (χ2v) is 5.38. The van der Waals surface area contributed by atoms with Crippen LogP contribution in [0.2, 0.25) is 0 Å². The zero-order valence-corrected chi connectivity index (χ0v) is 13.6. The quantitative estimate of drug-likeness (QED) is 0.907. The van der Waals surface area contributed by atoms with Gasteiger partial charge < -0.3 is 15.0 Å². The van der Waals surface area contributed by atoms with Crippen molar-refractivity contribution in [2.24, 2.45) is 5.92 Å². The van der Waals surface area contributed by atoms with E-state index in [9.17, 15) is 4.79 Å². The number of halogens is 1. The number of ether oxygens (including phenoxy) is 1. The highest BCUT2D eigenvalue weighted by atomic mass is 35.5. The van der Waals surface area contributed by atoms with E-state index in [1.807, 2.05) is 36.2 Å².